The first-order valence-corrected chi connectivity index (χ1v) is 11.1. The standard InChI is InChI=1S/C21H21N3O3S/c1-13-2-3-15(21(25)23-17-5-6-17)11-19(13)14-4-9-20-16(10-14)12-22-24(20)28(26,27)18-7-8-18/h2-4,9-12,17-18H,5-8H2,1H3,(H,23,25). The van der Waals surface area contributed by atoms with Crippen molar-refractivity contribution >= 4 is 26.8 Å². The van der Waals surface area contributed by atoms with Crippen LogP contribution < -0.4 is 5.32 Å². The zero-order valence-electron chi connectivity index (χ0n) is 15.6. The Morgan fingerprint density at radius 2 is 1.89 bits per heavy atom. The molecule has 6 nitrogen and oxygen atoms in total. The molecule has 0 radical (unpaired) electrons. The normalized spacial score (nSPS) is 17.0. The summed E-state index contributed by atoms with van der Waals surface area (Å²) in [7, 11) is -3.41. The lowest BCUT2D eigenvalue weighted by atomic mass is 9.97. The minimum Gasteiger partial charge on any atom is -0.349 e. The Balaban J connectivity index is 1.53. The zero-order chi connectivity index (χ0) is 19.5. The maximum Gasteiger partial charge on any atom is 0.257 e. The topological polar surface area (TPSA) is 81.1 Å². The molecule has 144 valence electrons. The molecule has 0 spiro atoms. The molecule has 0 saturated heterocycles. The number of amides is 1. The summed E-state index contributed by atoms with van der Waals surface area (Å²) >= 11 is 0. The van der Waals surface area contributed by atoms with Gasteiger partial charge in [0, 0.05) is 17.0 Å². The molecule has 0 aliphatic heterocycles. The van der Waals surface area contributed by atoms with Crippen molar-refractivity contribution in [3.05, 3.63) is 53.7 Å². The number of hydrogen-bond donors (Lipinski definition) is 1. The van der Waals surface area contributed by atoms with Gasteiger partial charge in [-0.15, -0.1) is 0 Å². The van der Waals surface area contributed by atoms with E-state index in [0.29, 0.717) is 30.0 Å². The summed E-state index contributed by atoms with van der Waals surface area (Å²) in [5.74, 6) is -0.0480. The molecule has 2 aliphatic carbocycles. The van der Waals surface area contributed by atoms with E-state index in [0.717, 1.165) is 39.0 Å². The molecule has 1 heterocycles. The van der Waals surface area contributed by atoms with Crippen LogP contribution in [-0.2, 0) is 10.0 Å². The lowest BCUT2D eigenvalue weighted by Crippen LogP contribution is -2.25. The molecule has 5 rings (SSSR count). The summed E-state index contributed by atoms with van der Waals surface area (Å²) < 4.78 is 26.3. The first kappa shape index (κ1) is 17.4. The molecule has 1 N–H and O–H groups in total. The van der Waals surface area contributed by atoms with Gasteiger partial charge in [-0.3, -0.25) is 4.79 Å². The second kappa shape index (κ2) is 6.17. The molecule has 0 atom stereocenters. The van der Waals surface area contributed by atoms with Crippen molar-refractivity contribution in [2.24, 2.45) is 0 Å². The predicted molar refractivity (Wildman–Crippen MR) is 108 cm³/mol. The molecule has 7 heteroatoms. The van der Waals surface area contributed by atoms with Crippen LogP contribution in [0, 0.1) is 6.92 Å². The molecule has 2 aromatic carbocycles. The highest BCUT2D eigenvalue weighted by atomic mass is 32.2. The van der Waals surface area contributed by atoms with Crippen molar-refractivity contribution in [1.82, 2.24) is 14.5 Å². The van der Waals surface area contributed by atoms with Gasteiger partial charge >= 0.3 is 0 Å². The van der Waals surface area contributed by atoms with Crippen molar-refractivity contribution in [2.45, 2.75) is 43.9 Å². The van der Waals surface area contributed by atoms with Crippen LogP contribution in [0.15, 0.2) is 42.6 Å². The Hall–Kier alpha value is -2.67. The maximum absolute atomic E-state index is 12.5. The van der Waals surface area contributed by atoms with Gasteiger partial charge < -0.3 is 5.32 Å². The Kier molecular flexibility index (Phi) is 3.84. The number of rotatable bonds is 5. The van der Waals surface area contributed by atoms with Crippen LogP contribution in [0.3, 0.4) is 0 Å². The van der Waals surface area contributed by atoms with E-state index < -0.39 is 10.0 Å². The molecule has 0 bridgehead atoms. The Morgan fingerprint density at radius 3 is 2.61 bits per heavy atom. The van der Waals surface area contributed by atoms with Crippen molar-refractivity contribution in [1.29, 1.82) is 0 Å². The summed E-state index contributed by atoms with van der Waals surface area (Å²) in [5, 5.41) is 7.62. The average molecular weight is 395 g/mol. The van der Waals surface area contributed by atoms with E-state index in [1.807, 2.05) is 37.3 Å². The highest BCUT2D eigenvalue weighted by molar-refractivity contribution is 7.90. The van der Waals surface area contributed by atoms with Crippen LogP contribution in [0.25, 0.3) is 22.0 Å². The summed E-state index contributed by atoms with van der Waals surface area (Å²) in [6.45, 7) is 2.00. The number of benzene rings is 2. The number of aromatic nitrogens is 2. The van der Waals surface area contributed by atoms with Crippen LogP contribution in [-0.4, -0.2) is 34.8 Å². The smallest absolute Gasteiger partial charge is 0.257 e. The van der Waals surface area contributed by atoms with Crippen LogP contribution in [0.4, 0.5) is 0 Å². The van der Waals surface area contributed by atoms with Crippen molar-refractivity contribution in [3.8, 4) is 11.1 Å². The van der Waals surface area contributed by atoms with Crippen molar-refractivity contribution in [3.63, 3.8) is 0 Å². The van der Waals surface area contributed by atoms with E-state index in [4.69, 9.17) is 0 Å². The molecule has 2 fully saturated rings. The van der Waals surface area contributed by atoms with Crippen molar-refractivity contribution in [2.75, 3.05) is 0 Å². The highest BCUT2D eigenvalue weighted by Gasteiger charge is 2.38. The second-order valence-corrected chi connectivity index (χ2v) is 9.83. The van der Waals surface area contributed by atoms with Crippen LogP contribution in [0.2, 0.25) is 0 Å². The minimum absolute atomic E-state index is 0.0480. The molecule has 1 amide bonds. The fraction of sp³-hybridized carbons (Fsp3) is 0.333. The fourth-order valence-electron chi connectivity index (χ4n) is 3.46. The summed E-state index contributed by atoms with van der Waals surface area (Å²) in [5.41, 5.74) is 4.19. The monoisotopic (exact) mass is 395 g/mol. The van der Waals surface area contributed by atoms with Gasteiger partial charge in [-0.05, 0) is 73.6 Å². The van der Waals surface area contributed by atoms with E-state index in [1.165, 1.54) is 0 Å². The third-order valence-electron chi connectivity index (χ3n) is 5.45. The Labute approximate surface area is 163 Å². The average Bonchev–Trinajstić information content (AvgIpc) is 3.59. The van der Waals surface area contributed by atoms with Gasteiger partial charge in [0.05, 0.1) is 17.0 Å². The van der Waals surface area contributed by atoms with Gasteiger partial charge in [0.1, 0.15) is 0 Å². The van der Waals surface area contributed by atoms with Gasteiger partial charge in [0.25, 0.3) is 15.9 Å². The molecule has 2 aliphatic rings. The van der Waals surface area contributed by atoms with Gasteiger partial charge in [-0.2, -0.15) is 9.19 Å². The lowest BCUT2D eigenvalue weighted by Gasteiger charge is -2.10. The highest BCUT2D eigenvalue weighted by Crippen LogP contribution is 2.33. The third-order valence-corrected chi connectivity index (χ3v) is 7.53. The maximum atomic E-state index is 12.5. The predicted octanol–water partition coefficient (Wildman–Crippen LogP) is 3.24. The van der Waals surface area contributed by atoms with Gasteiger partial charge in [0.2, 0.25) is 0 Å². The number of carbonyl (C=O) groups excluding carboxylic acids is 1. The first-order valence-electron chi connectivity index (χ1n) is 9.57. The number of hydrogen-bond acceptors (Lipinski definition) is 4. The molecule has 2 saturated carbocycles. The van der Waals surface area contributed by atoms with E-state index in [1.54, 1.807) is 12.3 Å². The van der Waals surface area contributed by atoms with E-state index in [-0.39, 0.29) is 11.2 Å². The zero-order valence-corrected chi connectivity index (χ0v) is 16.4. The van der Waals surface area contributed by atoms with E-state index >= 15 is 0 Å². The molecule has 0 unspecified atom stereocenters. The molecule has 3 aromatic rings. The number of fused-ring (bicyclic) bond motifs is 1. The Morgan fingerprint density at radius 1 is 1.11 bits per heavy atom. The lowest BCUT2D eigenvalue weighted by molar-refractivity contribution is 0.0951. The quantitative estimate of drug-likeness (QED) is 0.719. The summed E-state index contributed by atoms with van der Waals surface area (Å²) in [4.78, 5) is 12.4. The van der Waals surface area contributed by atoms with Crippen LogP contribution >= 0.6 is 0 Å². The minimum atomic E-state index is -3.41. The molecule has 1 aromatic heterocycles. The fourth-order valence-corrected chi connectivity index (χ4v) is 5.09. The van der Waals surface area contributed by atoms with Gasteiger partial charge in [0.15, 0.2) is 0 Å². The molecular weight excluding hydrogens is 374 g/mol. The number of nitrogens with zero attached hydrogens (tertiary/aromatic N) is 2. The number of nitrogens with one attached hydrogen (secondary N) is 1. The summed E-state index contributed by atoms with van der Waals surface area (Å²) in [6.07, 6.45) is 5.11. The second-order valence-electron chi connectivity index (χ2n) is 7.78. The number of aryl methyl sites for hydroxylation is 1. The van der Waals surface area contributed by atoms with E-state index in [2.05, 4.69) is 10.4 Å². The Bertz CT molecular complexity index is 1200. The number of carbonyl (C=O) groups is 1. The first-order chi connectivity index (χ1) is 13.4. The molecule has 28 heavy (non-hydrogen) atoms. The molecular formula is C21H21N3O3S. The summed E-state index contributed by atoms with van der Waals surface area (Å²) in [6, 6.07) is 11.6. The van der Waals surface area contributed by atoms with Crippen molar-refractivity contribution < 1.29 is 13.2 Å². The van der Waals surface area contributed by atoms with Crippen LogP contribution in [0.5, 0.6) is 0 Å². The third kappa shape index (κ3) is 2.99. The van der Waals surface area contributed by atoms with Crippen LogP contribution in [0.1, 0.15) is 41.6 Å². The SMILES string of the molecule is Cc1ccc(C(=O)NC2CC2)cc1-c1ccc2c(cnn2S(=O)(=O)C2CC2)c1. The largest absolute Gasteiger partial charge is 0.349 e. The van der Waals surface area contributed by atoms with Gasteiger partial charge in [-0.25, -0.2) is 8.42 Å². The van der Waals surface area contributed by atoms with Gasteiger partial charge in [-0.1, -0.05) is 12.1 Å². The van der Waals surface area contributed by atoms with E-state index in [9.17, 15) is 13.2 Å².